The summed E-state index contributed by atoms with van der Waals surface area (Å²) in [6, 6.07) is 7.90. The van der Waals surface area contributed by atoms with Gasteiger partial charge in [-0.2, -0.15) is 0 Å². The first-order chi connectivity index (χ1) is 9.97. The van der Waals surface area contributed by atoms with E-state index >= 15 is 0 Å². The smallest absolute Gasteiger partial charge is 0.339 e. The third kappa shape index (κ3) is 3.78. The van der Waals surface area contributed by atoms with Crippen LogP contribution in [-0.2, 0) is 6.42 Å². The van der Waals surface area contributed by atoms with Gasteiger partial charge in [-0.1, -0.05) is 12.1 Å². The Balaban J connectivity index is 2.13. The average molecular weight is 288 g/mol. The van der Waals surface area contributed by atoms with E-state index in [9.17, 15) is 14.3 Å². The van der Waals surface area contributed by atoms with E-state index in [0.29, 0.717) is 17.8 Å². The number of nitrogens with one attached hydrogen (secondary N) is 1. The molecule has 0 fully saturated rings. The van der Waals surface area contributed by atoms with Crippen LogP contribution in [0.2, 0.25) is 0 Å². The van der Waals surface area contributed by atoms with Crippen LogP contribution in [0.4, 0.5) is 10.2 Å². The van der Waals surface area contributed by atoms with Crippen molar-refractivity contribution in [3.05, 3.63) is 59.0 Å². The molecule has 2 N–H and O–H groups in total. The number of aromatic nitrogens is 1. The Morgan fingerprint density at radius 3 is 2.62 bits per heavy atom. The summed E-state index contributed by atoms with van der Waals surface area (Å²) >= 11 is 0. The molecule has 1 atom stereocenters. The molecular formula is C16H17FN2O2. The third-order valence-electron chi connectivity index (χ3n) is 3.21. The van der Waals surface area contributed by atoms with Crippen molar-refractivity contribution >= 4 is 11.8 Å². The van der Waals surface area contributed by atoms with Crippen LogP contribution < -0.4 is 5.32 Å². The van der Waals surface area contributed by atoms with Crippen molar-refractivity contribution in [3.8, 4) is 0 Å². The molecule has 21 heavy (non-hydrogen) atoms. The fraction of sp³-hybridized carbons (Fsp3) is 0.250. The van der Waals surface area contributed by atoms with Gasteiger partial charge in [0, 0.05) is 12.2 Å². The quantitative estimate of drug-likeness (QED) is 0.886. The molecule has 2 aromatic rings. The minimum absolute atomic E-state index is 0.0251. The molecule has 4 nitrogen and oxygen atoms in total. The molecule has 0 amide bonds. The second-order valence-corrected chi connectivity index (χ2v) is 5.03. The number of anilines is 1. The highest BCUT2D eigenvalue weighted by molar-refractivity contribution is 5.94. The van der Waals surface area contributed by atoms with Crippen molar-refractivity contribution in [1.82, 2.24) is 4.98 Å². The zero-order valence-electron chi connectivity index (χ0n) is 11.9. The molecule has 0 bridgehead atoms. The summed E-state index contributed by atoms with van der Waals surface area (Å²) in [7, 11) is 0. The molecule has 1 aromatic carbocycles. The number of hydrogen-bond acceptors (Lipinski definition) is 3. The van der Waals surface area contributed by atoms with Gasteiger partial charge in [0.25, 0.3) is 0 Å². The van der Waals surface area contributed by atoms with E-state index in [1.807, 2.05) is 6.92 Å². The van der Waals surface area contributed by atoms with Gasteiger partial charge in [-0.15, -0.1) is 0 Å². The highest BCUT2D eigenvalue weighted by Gasteiger charge is 2.16. The number of carbonyl (C=O) groups is 1. The second kappa shape index (κ2) is 6.35. The van der Waals surface area contributed by atoms with Gasteiger partial charge in [-0.25, -0.2) is 14.2 Å². The topological polar surface area (TPSA) is 62.2 Å². The lowest BCUT2D eigenvalue weighted by atomic mass is 10.1. The van der Waals surface area contributed by atoms with Crippen LogP contribution in [0.1, 0.15) is 28.4 Å². The SMILES string of the molecule is Cc1ccnc(NC(C)Cc2ccc(F)cc2)c1C(=O)O. The Hall–Kier alpha value is -2.43. The van der Waals surface area contributed by atoms with Crippen LogP contribution in [0.5, 0.6) is 0 Å². The molecule has 0 radical (unpaired) electrons. The van der Waals surface area contributed by atoms with Gasteiger partial charge in [0.05, 0.1) is 0 Å². The number of nitrogens with zero attached hydrogens (tertiary/aromatic N) is 1. The Morgan fingerprint density at radius 1 is 1.33 bits per heavy atom. The second-order valence-electron chi connectivity index (χ2n) is 5.03. The number of aryl methyl sites for hydroxylation is 1. The predicted octanol–water partition coefficient (Wildman–Crippen LogP) is 3.27. The molecule has 5 heteroatoms. The molecule has 1 heterocycles. The predicted molar refractivity (Wildman–Crippen MR) is 79.1 cm³/mol. The van der Waals surface area contributed by atoms with Crippen molar-refractivity contribution in [1.29, 1.82) is 0 Å². The van der Waals surface area contributed by atoms with Crippen molar-refractivity contribution in [3.63, 3.8) is 0 Å². The van der Waals surface area contributed by atoms with E-state index in [1.54, 1.807) is 31.3 Å². The molecule has 0 aliphatic carbocycles. The van der Waals surface area contributed by atoms with Gasteiger partial charge in [0.1, 0.15) is 17.2 Å². The largest absolute Gasteiger partial charge is 0.478 e. The van der Waals surface area contributed by atoms with Crippen molar-refractivity contribution in [2.24, 2.45) is 0 Å². The maximum Gasteiger partial charge on any atom is 0.339 e. The third-order valence-corrected chi connectivity index (χ3v) is 3.21. The number of aromatic carboxylic acids is 1. The standard InChI is InChI=1S/C16H17FN2O2/c1-10-7-8-18-15(14(10)16(20)21)19-11(2)9-12-3-5-13(17)6-4-12/h3-8,11H,9H2,1-2H3,(H,18,19)(H,20,21). The molecule has 110 valence electrons. The first-order valence-corrected chi connectivity index (χ1v) is 6.67. The maximum atomic E-state index is 12.9. The minimum Gasteiger partial charge on any atom is -0.478 e. The zero-order valence-corrected chi connectivity index (χ0v) is 11.9. The van der Waals surface area contributed by atoms with Gasteiger partial charge >= 0.3 is 5.97 Å². The van der Waals surface area contributed by atoms with Gasteiger partial charge in [-0.05, 0) is 49.6 Å². The number of carboxylic acid groups (broad SMARTS) is 1. The van der Waals surface area contributed by atoms with Gasteiger partial charge in [-0.3, -0.25) is 0 Å². The summed E-state index contributed by atoms with van der Waals surface area (Å²) in [5.41, 5.74) is 1.82. The summed E-state index contributed by atoms with van der Waals surface area (Å²) in [5.74, 6) is -0.915. The fourth-order valence-electron chi connectivity index (χ4n) is 2.20. The fourth-order valence-corrected chi connectivity index (χ4v) is 2.20. The molecule has 2 rings (SSSR count). The van der Waals surface area contributed by atoms with E-state index in [0.717, 1.165) is 5.56 Å². The molecule has 0 saturated heterocycles. The Morgan fingerprint density at radius 2 is 2.00 bits per heavy atom. The number of halogens is 1. The van der Waals surface area contributed by atoms with Crippen molar-refractivity contribution in [2.75, 3.05) is 5.32 Å². The first kappa shape index (κ1) is 15.0. The van der Waals surface area contributed by atoms with Crippen LogP contribution >= 0.6 is 0 Å². The lowest BCUT2D eigenvalue weighted by Crippen LogP contribution is -2.21. The molecule has 0 aliphatic rings. The van der Waals surface area contributed by atoms with Gasteiger partial charge in [0.2, 0.25) is 0 Å². The lowest BCUT2D eigenvalue weighted by Gasteiger charge is -2.17. The van der Waals surface area contributed by atoms with Crippen LogP contribution in [0.3, 0.4) is 0 Å². The Bertz CT molecular complexity index is 641. The van der Waals surface area contributed by atoms with E-state index in [4.69, 9.17) is 0 Å². The van der Waals surface area contributed by atoms with Crippen LogP contribution in [0.25, 0.3) is 0 Å². The number of rotatable bonds is 5. The minimum atomic E-state index is -1.00. The van der Waals surface area contributed by atoms with Crippen LogP contribution in [0, 0.1) is 12.7 Å². The number of benzene rings is 1. The molecule has 0 saturated carbocycles. The molecular weight excluding hydrogens is 271 g/mol. The highest BCUT2D eigenvalue weighted by atomic mass is 19.1. The lowest BCUT2D eigenvalue weighted by molar-refractivity contribution is 0.0697. The highest BCUT2D eigenvalue weighted by Crippen LogP contribution is 2.18. The summed E-state index contributed by atoms with van der Waals surface area (Å²) in [5, 5.41) is 12.4. The number of hydrogen-bond donors (Lipinski definition) is 2. The van der Waals surface area contributed by atoms with Crippen molar-refractivity contribution in [2.45, 2.75) is 26.3 Å². The first-order valence-electron chi connectivity index (χ1n) is 6.67. The van der Waals surface area contributed by atoms with Crippen LogP contribution in [-0.4, -0.2) is 22.1 Å². The normalized spacial score (nSPS) is 12.0. The summed E-state index contributed by atoms with van der Waals surface area (Å²) < 4.78 is 12.9. The van der Waals surface area contributed by atoms with Crippen molar-refractivity contribution < 1.29 is 14.3 Å². The summed E-state index contributed by atoms with van der Waals surface area (Å²) in [6.45, 7) is 3.67. The van der Waals surface area contributed by atoms with E-state index in [2.05, 4.69) is 10.3 Å². The van der Waals surface area contributed by atoms with Gasteiger partial charge in [0.15, 0.2) is 0 Å². The molecule has 0 aliphatic heterocycles. The Kier molecular flexibility index (Phi) is 4.52. The summed E-state index contributed by atoms with van der Waals surface area (Å²) in [6.07, 6.45) is 2.23. The molecule has 1 aromatic heterocycles. The Labute approximate surface area is 122 Å². The number of pyridine rings is 1. The average Bonchev–Trinajstić information content (AvgIpc) is 2.41. The summed E-state index contributed by atoms with van der Waals surface area (Å²) in [4.78, 5) is 15.4. The maximum absolute atomic E-state index is 12.9. The van der Waals surface area contributed by atoms with Gasteiger partial charge < -0.3 is 10.4 Å². The molecule has 1 unspecified atom stereocenters. The van der Waals surface area contributed by atoms with E-state index < -0.39 is 5.97 Å². The monoisotopic (exact) mass is 288 g/mol. The molecule has 0 spiro atoms. The number of carboxylic acids is 1. The van der Waals surface area contributed by atoms with Crippen LogP contribution in [0.15, 0.2) is 36.5 Å². The van der Waals surface area contributed by atoms with E-state index in [1.165, 1.54) is 12.1 Å². The van der Waals surface area contributed by atoms with E-state index in [-0.39, 0.29) is 17.4 Å². The zero-order chi connectivity index (χ0) is 15.4.